The van der Waals surface area contributed by atoms with Crippen LogP contribution >= 0.6 is 0 Å². The molecule has 0 saturated heterocycles. The molecule has 0 N–H and O–H groups in total. The number of fused-ring (bicyclic) bond motifs is 9. The van der Waals surface area contributed by atoms with E-state index in [0.717, 1.165) is 82.8 Å². The van der Waals surface area contributed by atoms with Crippen LogP contribution in [-0.2, 0) is 0 Å². The molecule has 0 spiro atoms. The monoisotopic (exact) mass is 724 g/mol. The van der Waals surface area contributed by atoms with Gasteiger partial charge in [-0.25, -0.2) is 0 Å². The Morgan fingerprint density at radius 1 is 0.281 bits per heavy atom. The zero-order valence-corrected chi connectivity index (χ0v) is 30.3. The van der Waals surface area contributed by atoms with E-state index in [4.69, 9.17) is 0 Å². The van der Waals surface area contributed by atoms with Gasteiger partial charge in [0.15, 0.2) is 0 Å². The zero-order valence-electron chi connectivity index (χ0n) is 30.3. The van der Waals surface area contributed by atoms with E-state index in [0.29, 0.717) is 16.7 Å². The first-order chi connectivity index (χ1) is 28.1. The first-order valence-corrected chi connectivity index (χ1v) is 18.7. The lowest BCUT2D eigenvalue weighted by atomic mass is 10.0. The number of rotatable bonds is 4. The van der Waals surface area contributed by atoms with Crippen molar-refractivity contribution in [1.29, 1.82) is 15.8 Å². The molecule has 0 aliphatic carbocycles. The van der Waals surface area contributed by atoms with Gasteiger partial charge in [-0.05, 0) is 114 Å². The molecule has 3 heterocycles. The van der Waals surface area contributed by atoms with Crippen molar-refractivity contribution in [2.75, 3.05) is 0 Å². The van der Waals surface area contributed by atoms with Gasteiger partial charge in [-0.3, -0.25) is 0 Å². The van der Waals surface area contributed by atoms with Crippen LogP contribution in [0.1, 0.15) is 16.7 Å². The minimum Gasteiger partial charge on any atom is -0.309 e. The Kier molecular flexibility index (Phi) is 6.95. The van der Waals surface area contributed by atoms with Gasteiger partial charge in [-0.1, -0.05) is 66.7 Å². The molecule has 0 unspecified atom stereocenters. The van der Waals surface area contributed by atoms with Crippen molar-refractivity contribution >= 4 is 65.4 Å². The van der Waals surface area contributed by atoms with E-state index in [-0.39, 0.29) is 0 Å². The smallest absolute Gasteiger partial charge is 0.0992 e. The topological polar surface area (TPSA) is 86.2 Å². The summed E-state index contributed by atoms with van der Waals surface area (Å²) in [4.78, 5) is 0. The van der Waals surface area contributed by atoms with Gasteiger partial charge in [0, 0.05) is 49.4 Å². The molecule has 6 heteroatoms. The van der Waals surface area contributed by atoms with E-state index in [1.54, 1.807) is 0 Å². The number of benzene rings is 8. The molecular weight excluding hydrogens is 697 g/mol. The van der Waals surface area contributed by atoms with E-state index in [2.05, 4.69) is 141 Å². The van der Waals surface area contributed by atoms with Gasteiger partial charge in [0.2, 0.25) is 0 Å². The Morgan fingerprint density at radius 3 is 1.30 bits per heavy atom. The molecule has 0 fully saturated rings. The van der Waals surface area contributed by atoms with Gasteiger partial charge in [-0.2, -0.15) is 15.8 Å². The van der Waals surface area contributed by atoms with Gasteiger partial charge in [0.1, 0.15) is 0 Å². The predicted octanol–water partition coefficient (Wildman–Crippen LogP) is 12.3. The van der Waals surface area contributed by atoms with Gasteiger partial charge >= 0.3 is 0 Å². The molecular formula is C51H28N6. The van der Waals surface area contributed by atoms with Crippen molar-refractivity contribution in [2.24, 2.45) is 0 Å². The first-order valence-electron chi connectivity index (χ1n) is 18.7. The molecule has 57 heavy (non-hydrogen) atoms. The fourth-order valence-electron chi connectivity index (χ4n) is 8.82. The second kappa shape index (κ2) is 12.3. The Labute approximate surface area is 326 Å². The summed E-state index contributed by atoms with van der Waals surface area (Å²) in [5.74, 6) is 0. The average molecular weight is 725 g/mol. The summed E-state index contributed by atoms with van der Waals surface area (Å²) in [7, 11) is 0. The molecule has 0 aliphatic heterocycles. The Hall–Kier alpha value is -8.37. The maximum absolute atomic E-state index is 10.3. The van der Waals surface area contributed by atoms with E-state index in [1.165, 1.54) is 10.8 Å². The lowest BCUT2D eigenvalue weighted by Crippen LogP contribution is -1.97. The maximum Gasteiger partial charge on any atom is 0.0992 e. The maximum atomic E-state index is 10.3. The zero-order chi connectivity index (χ0) is 38.2. The van der Waals surface area contributed by atoms with Crippen LogP contribution in [0.3, 0.4) is 0 Å². The van der Waals surface area contributed by atoms with Crippen LogP contribution in [0.25, 0.3) is 93.6 Å². The van der Waals surface area contributed by atoms with Crippen LogP contribution in [0.4, 0.5) is 0 Å². The van der Waals surface area contributed by atoms with Crippen molar-refractivity contribution in [3.05, 3.63) is 187 Å². The summed E-state index contributed by atoms with van der Waals surface area (Å²) in [6.45, 7) is 0. The second-order valence-electron chi connectivity index (χ2n) is 14.4. The summed E-state index contributed by atoms with van der Waals surface area (Å²) in [5, 5.41) is 36.4. The molecule has 3 aromatic heterocycles. The number of nitriles is 3. The van der Waals surface area contributed by atoms with Crippen LogP contribution < -0.4 is 0 Å². The van der Waals surface area contributed by atoms with Crippen molar-refractivity contribution in [1.82, 2.24) is 13.7 Å². The number of hydrogen-bond acceptors (Lipinski definition) is 3. The Balaban J connectivity index is 1.11. The Bertz CT molecular complexity index is 3580. The average Bonchev–Trinajstić information content (AvgIpc) is 3.91. The number of para-hydroxylation sites is 3. The van der Waals surface area contributed by atoms with Gasteiger partial charge in [0.05, 0.1) is 68.0 Å². The third-order valence-electron chi connectivity index (χ3n) is 11.3. The number of nitrogens with zero attached hydrogens (tertiary/aromatic N) is 6. The summed E-state index contributed by atoms with van der Waals surface area (Å²) in [6.07, 6.45) is 0. The summed E-state index contributed by atoms with van der Waals surface area (Å²) in [6, 6.07) is 64.9. The highest BCUT2D eigenvalue weighted by Crippen LogP contribution is 2.39. The molecule has 0 aliphatic rings. The minimum atomic E-state index is 0.547. The normalized spacial score (nSPS) is 11.5. The number of aromatic nitrogens is 3. The molecule has 8 aromatic carbocycles. The molecule has 0 saturated carbocycles. The van der Waals surface area contributed by atoms with E-state index in [9.17, 15) is 15.8 Å². The largest absolute Gasteiger partial charge is 0.309 e. The van der Waals surface area contributed by atoms with Crippen LogP contribution in [-0.4, -0.2) is 13.7 Å². The first kappa shape index (κ1) is 32.1. The lowest BCUT2D eigenvalue weighted by Gasteiger charge is -2.14. The van der Waals surface area contributed by atoms with Gasteiger partial charge in [-0.15, -0.1) is 0 Å². The third kappa shape index (κ3) is 4.81. The van der Waals surface area contributed by atoms with E-state index >= 15 is 0 Å². The van der Waals surface area contributed by atoms with Gasteiger partial charge < -0.3 is 13.7 Å². The highest BCUT2D eigenvalue weighted by atomic mass is 15.0. The van der Waals surface area contributed by atoms with Crippen molar-refractivity contribution in [3.8, 4) is 46.4 Å². The Morgan fingerprint density at radius 2 is 0.719 bits per heavy atom. The second-order valence-corrected chi connectivity index (χ2v) is 14.4. The quantitative estimate of drug-likeness (QED) is 0.181. The van der Waals surface area contributed by atoms with E-state index < -0.39 is 0 Å². The molecule has 0 amide bonds. The summed E-state index contributed by atoms with van der Waals surface area (Å²) >= 11 is 0. The fraction of sp³-hybridized carbons (Fsp3) is 0. The summed E-state index contributed by atoms with van der Waals surface area (Å²) < 4.78 is 6.76. The van der Waals surface area contributed by atoms with Crippen molar-refractivity contribution in [2.45, 2.75) is 0 Å². The minimum absolute atomic E-state index is 0.547. The van der Waals surface area contributed by atoms with Crippen LogP contribution in [0.2, 0.25) is 0 Å². The molecule has 262 valence electrons. The SMILES string of the molecule is N#Cc1cc(-c2cccc(-n3c4ccc(C#N)cc4c4cc(-n5c6ccccc6c6ccccc65)ccc43)c2)cc(-n2c3ccccc3c3cc(C#N)ccc32)c1. The highest BCUT2D eigenvalue weighted by molar-refractivity contribution is 6.13. The van der Waals surface area contributed by atoms with Crippen LogP contribution in [0.15, 0.2) is 170 Å². The molecule has 6 nitrogen and oxygen atoms in total. The molecule has 0 atom stereocenters. The van der Waals surface area contributed by atoms with Crippen LogP contribution in [0, 0.1) is 34.0 Å². The van der Waals surface area contributed by atoms with Crippen molar-refractivity contribution in [3.63, 3.8) is 0 Å². The lowest BCUT2D eigenvalue weighted by molar-refractivity contribution is 1.16. The standard InChI is InChI=1S/C51H28N6/c52-29-32-16-19-49-43(24-32)42-12-3-6-15-48(42)57(49)39-23-34(31-54)22-36(27-39)35-8-7-9-37(26-35)55-50-20-17-33(30-53)25-44(50)45-28-38(18-21-51(45)55)56-46-13-4-1-10-40(46)41-11-2-5-14-47(41)56/h1-28H. The molecule has 0 radical (unpaired) electrons. The molecule has 11 aromatic rings. The number of hydrogen-bond donors (Lipinski definition) is 0. The van der Waals surface area contributed by atoms with Gasteiger partial charge in [0.25, 0.3) is 0 Å². The van der Waals surface area contributed by atoms with Crippen molar-refractivity contribution < 1.29 is 0 Å². The predicted molar refractivity (Wildman–Crippen MR) is 229 cm³/mol. The molecule has 11 rings (SSSR count). The fourth-order valence-corrected chi connectivity index (χ4v) is 8.82. The summed E-state index contributed by atoms with van der Waals surface area (Å²) in [5.41, 5.74) is 12.8. The molecule has 0 bridgehead atoms. The third-order valence-corrected chi connectivity index (χ3v) is 11.3. The van der Waals surface area contributed by atoms with Crippen LogP contribution in [0.5, 0.6) is 0 Å². The highest BCUT2D eigenvalue weighted by Gasteiger charge is 2.19. The van der Waals surface area contributed by atoms with E-state index in [1.807, 2.05) is 60.7 Å².